The van der Waals surface area contributed by atoms with E-state index in [2.05, 4.69) is 34.7 Å². The highest BCUT2D eigenvalue weighted by molar-refractivity contribution is 9.10. The first-order chi connectivity index (χ1) is 7.17. The van der Waals surface area contributed by atoms with E-state index in [9.17, 15) is 4.79 Å². The lowest BCUT2D eigenvalue weighted by molar-refractivity contribution is 0.0937. The zero-order valence-corrected chi connectivity index (χ0v) is 10.8. The lowest BCUT2D eigenvalue weighted by Gasteiger charge is -2.16. The van der Waals surface area contributed by atoms with Gasteiger partial charge in [-0.25, -0.2) is 0 Å². The minimum atomic E-state index is 0.186. The molecule has 0 bridgehead atoms. The number of hydrogen-bond acceptors (Lipinski definition) is 2. The number of carbonyl (C=O) groups is 1. The summed E-state index contributed by atoms with van der Waals surface area (Å²) >= 11 is 3.35. The maximum absolute atomic E-state index is 11.8. The average molecular weight is 270 g/mol. The zero-order chi connectivity index (χ0) is 11.3. The molecule has 3 heteroatoms. The van der Waals surface area contributed by atoms with E-state index in [1.807, 2.05) is 24.3 Å². The van der Waals surface area contributed by atoms with Crippen LogP contribution in [0.2, 0.25) is 0 Å². The normalized spacial score (nSPS) is 10.7. The van der Waals surface area contributed by atoms with Crippen LogP contribution in [0.25, 0.3) is 0 Å². The topological polar surface area (TPSA) is 20.3 Å². The lowest BCUT2D eigenvalue weighted by atomic mass is 10.1. The van der Waals surface area contributed by atoms with Gasteiger partial charge in [0, 0.05) is 10.0 Å². The number of rotatable bonds is 5. The van der Waals surface area contributed by atoms with Crippen LogP contribution in [0.3, 0.4) is 0 Å². The number of carbonyl (C=O) groups excluding carboxylic acids is 1. The first-order valence-electron chi connectivity index (χ1n) is 5.18. The first-order valence-corrected chi connectivity index (χ1v) is 5.97. The molecule has 0 amide bonds. The van der Waals surface area contributed by atoms with E-state index in [4.69, 9.17) is 0 Å². The average Bonchev–Trinajstić information content (AvgIpc) is 2.26. The summed E-state index contributed by atoms with van der Waals surface area (Å²) in [6, 6.07) is 7.51. The van der Waals surface area contributed by atoms with Gasteiger partial charge in [-0.05, 0) is 25.2 Å². The molecule has 0 aromatic heterocycles. The summed E-state index contributed by atoms with van der Waals surface area (Å²) in [4.78, 5) is 13.9. The third kappa shape index (κ3) is 3.76. The first kappa shape index (κ1) is 12.4. The fourth-order valence-corrected chi connectivity index (χ4v) is 1.64. The molecule has 15 heavy (non-hydrogen) atoms. The van der Waals surface area contributed by atoms with Crippen molar-refractivity contribution in [2.24, 2.45) is 0 Å². The Morgan fingerprint density at radius 1 is 1.20 bits per heavy atom. The maximum Gasteiger partial charge on any atom is 0.176 e. The molecule has 82 valence electrons. The molecule has 1 aromatic carbocycles. The summed E-state index contributed by atoms with van der Waals surface area (Å²) in [5, 5.41) is 0. The number of halogens is 1. The van der Waals surface area contributed by atoms with Gasteiger partial charge in [-0.3, -0.25) is 9.69 Å². The number of Topliss-reactive ketones (excluding diaryl/α,β-unsaturated/α-hetero) is 1. The van der Waals surface area contributed by atoms with E-state index in [1.54, 1.807) is 0 Å². The molecule has 0 heterocycles. The molecule has 0 aliphatic rings. The van der Waals surface area contributed by atoms with Crippen molar-refractivity contribution < 1.29 is 4.79 Å². The predicted molar refractivity (Wildman–Crippen MR) is 66.3 cm³/mol. The molecule has 0 N–H and O–H groups in total. The molecule has 0 saturated carbocycles. The number of likely N-dealkylation sites (N-methyl/N-ethyl adjacent to an activating group) is 1. The Hall–Kier alpha value is -0.670. The smallest absolute Gasteiger partial charge is 0.176 e. The minimum absolute atomic E-state index is 0.186. The SMILES string of the molecule is CCN(CC)CC(=O)c1ccc(Br)cc1. The highest BCUT2D eigenvalue weighted by Crippen LogP contribution is 2.11. The van der Waals surface area contributed by atoms with Crippen molar-refractivity contribution in [1.29, 1.82) is 0 Å². The van der Waals surface area contributed by atoms with Crippen molar-refractivity contribution >= 4 is 21.7 Å². The fourth-order valence-electron chi connectivity index (χ4n) is 1.38. The summed E-state index contributed by atoms with van der Waals surface area (Å²) in [5.41, 5.74) is 0.783. The van der Waals surface area contributed by atoms with E-state index in [1.165, 1.54) is 0 Å². The van der Waals surface area contributed by atoms with E-state index in [-0.39, 0.29) is 5.78 Å². The van der Waals surface area contributed by atoms with Gasteiger partial charge in [-0.1, -0.05) is 41.9 Å². The summed E-state index contributed by atoms with van der Waals surface area (Å²) in [5.74, 6) is 0.186. The van der Waals surface area contributed by atoms with E-state index in [0.717, 1.165) is 23.1 Å². The van der Waals surface area contributed by atoms with Crippen LogP contribution in [0.4, 0.5) is 0 Å². The maximum atomic E-state index is 11.8. The van der Waals surface area contributed by atoms with Crippen LogP contribution in [0.5, 0.6) is 0 Å². The highest BCUT2D eigenvalue weighted by Gasteiger charge is 2.09. The Balaban J connectivity index is 2.64. The van der Waals surface area contributed by atoms with Crippen molar-refractivity contribution in [1.82, 2.24) is 4.90 Å². The molecular weight excluding hydrogens is 254 g/mol. The molecule has 2 nitrogen and oxygen atoms in total. The van der Waals surface area contributed by atoms with Crippen LogP contribution < -0.4 is 0 Å². The number of nitrogens with zero attached hydrogens (tertiary/aromatic N) is 1. The Morgan fingerprint density at radius 3 is 2.20 bits per heavy atom. The Morgan fingerprint density at radius 2 is 1.73 bits per heavy atom. The van der Waals surface area contributed by atoms with Gasteiger partial charge in [0.2, 0.25) is 0 Å². The summed E-state index contributed by atoms with van der Waals surface area (Å²) in [6.45, 7) is 6.48. The molecule has 0 atom stereocenters. The largest absolute Gasteiger partial charge is 0.296 e. The van der Waals surface area contributed by atoms with Gasteiger partial charge in [0.15, 0.2) is 5.78 Å². The van der Waals surface area contributed by atoms with Crippen LogP contribution in [0, 0.1) is 0 Å². The number of benzene rings is 1. The molecule has 0 spiro atoms. The van der Waals surface area contributed by atoms with Crippen LogP contribution in [0.15, 0.2) is 28.7 Å². The lowest BCUT2D eigenvalue weighted by Crippen LogP contribution is -2.29. The molecular formula is C12H16BrNO. The van der Waals surface area contributed by atoms with Crippen molar-refractivity contribution in [3.8, 4) is 0 Å². The van der Waals surface area contributed by atoms with Gasteiger partial charge in [-0.15, -0.1) is 0 Å². The van der Waals surface area contributed by atoms with Crippen molar-refractivity contribution in [3.05, 3.63) is 34.3 Å². The Kier molecular flexibility index (Phi) is 4.99. The number of hydrogen-bond donors (Lipinski definition) is 0. The molecule has 1 aromatic rings. The second-order valence-electron chi connectivity index (χ2n) is 3.39. The van der Waals surface area contributed by atoms with E-state index >= 15 is 0 Å². The molecule has 0 saturated heterocycles. The summed E-state index contributed by atoms with van der Waals surface area (Å²) in [7, 11) is 0. The number of ketones is 1. The molecule has 0 unspecified atom stereocenters. The zero-order valence-electron chi connectivity index (χ0n) is 9.16. The molecule has 0 aliphatic carbocycles. The third-order valence-electron chi connectivity index (χ3n) is 2.43. The van der Waals surface area contributed by atoms with Gasteiger partial charge < -0.3 is 0 Å². The van der Waals surface area contributed by atoms with Crippen molar-refractivity contribution in [2.45, 2.75) is 13.8 Å². The van der Waals surface area contributed by atoms with Crippen LogP contribution >= 0.6 is 15.9 Å². The third-order valence-corrected chi connectivity index (χ3v) is 2.96. The van der Waals surface area contributed by atoms with Gasteiger partial charge in [0.1, 0.15) is 0 Å². The summed E-state index contributed by atoms with van der Waals surface area (Å²) in [6.07, 6.45) is 0. The quantitative estimate of drug-likeness (QED) is 0.767. The predicted octanol–water partition coefficient (Wildman–Crippen LogP) is 2.97. The van der Waals surface area contributed by atoms with Gasteiger partial charge in [-0.2, -0.15) is 0 Å². The van der Waals surface area contributed by atoms with Crippen molar-refractivity contribution in [3.63, 3.8) is 0 Å². The standard InChI is InChI=1S/C12H16BrNO/c1-3-14(4-2)9-12(15)10-5-7-11(13)8-6-10/h5-8H,3-4,9H2,1-2H3. The van der Waals surface area contributed by atoms with E-state index < -0.39 is 0 Å². The summed E-state index contributed by atoms with van der Waals surface area (Å²) < 4.78 is 1.00. The molecule has 0 fully saturated rings. The van der Waals surface area contributed by atoms with Crippen LogP contribution in [0.1, 0.15) is 24.2 Å². The van der Waals surface area contributed by atoms with Crippen LogP contribution in [-0.4, -0.2) is 30.3 Å². The Labute approximate surface area is 99.4 Å². The van der Waals surface area contributed by atoms with Gasteiger partial charge in [0.05, 0.1) is 6.54 Å². The molecule has 1 rings (SSSR count). The van der Waals surface area contributed by atoms with Crippen molar-refractivity contribution in [2.75, 3.05) is 19.6 Å². The van der Waals surface area contributed by atoms with E-state index in [0.29, 0.717) is 6.54 Å². The Bertz CT molecular complexity index is 317. The van der Waals surface area contributed by atoms with Gasteiger partial charge >= 0.3 is 0 Å². The minimum Gasteiger partial charge on any atom is -0.296 e. The monoisotopic (exact) mass is 269 g/mol. The van der Waals surface area contributed by atoms with Crippen LogP contribution in [-0.2, 0) is 0 Å². The van der Waals surface area contributed by atoms with Gasteiger partial charge in [0.25, 0.3) is 0 Å². The second kappa shape index (κ2) is 6.03. The molecule has 0 radical (unpaired) electrons. The fraction of sp³-hybridized carbons (Fsp3) is 0.417. The second-order valence-corrected chi connectivity index (χ2v) is 4.31. The molecule has 0 aliphatic heterocycles. The highest BCUT2D eigenvalue weighted by atomic mass is 79.9.